The van der Waals surface area contributed by atoms with Crippen molar-refractivity contribution in [2.24, 2.45) is 4.99 Å². The van der Waals surface area contributed by atoms with Gasteiger partial charge >= 0.3 is 0 Å². The lowest BCUT2D eigenvalue weighted by Gasteiger charge is -2.05. The monoisotopic (exact) mass is 343 g/mol. The summed E-state index contributed by atoms with van der Waals surface area (Å²) in [6.07, 6.45) is 5.53. The van der Waals surface area contributed by atoms with E-state index in [1.165, 1.54) is 0 Å². The molecule has 26 heavy (non-hydrogen) atoms. The van der Waals surface area contributed by atoms with Crippen molar-refractivity contribution in [3.63, 3.8) is 0 Å². The van der Waals surface area contributed by atoms with Crippen LogP contribution in [0.3, 0.4) is 0 Å². The molecule has 0 N–H and O–H groups in total. The third-order valence-electron chi connectivity index (χ3n) is 3.96. The number of rotatable bonds is 4. The maximum Gasteiger partial charge on any atom is 0.231 e. The van der Waals surface area contributed by atoms with Crippen molar-refractivity contribution in [1.82, 2.24) is 9.97 Å². The van der Waals surface area contributed by atoms with Crippen LogP contribution in [0.1, 0.15) is 18.3 Å². The number of aliphatic imine (C=N–C) groups is 1. The number of nitrogens with zero attached hydrogens (tertiary/aromatic N) is 3. The van der Waals surface area contributed by atoms with Crippen LogP contribution in [-0.2, 0) is 0 Å². The average Bonchev–Trinajstić information content (AvgIpc) is 3.16. The summed E-state index contributed by atoms with van der Waals surface area (Å²) in [5.41, 5.74) is 4.24. The van der Waals surface area contributed by atoms with Crippen molar-refractivity contribution in [3.8, 4) is 11.5 Å². The lowest BCUT2D eigenvalue weighted by atomic mass is 10.1. The molecule has 0 amide bonds. The van der Waals surface area contributed by atoms with Gasteiger partial charge in [-0.25, -0.2) is 4.99 Å². The normalized spacial score (nSPS) is 13.7. The second-order valence-electron chi connectivity index (χ2n) is 5.79. The number of allylic oxidation sites excluding steroid dienone is 2. The van der Waals surface area contributed by atoms with Gasteiger partial charge in [-0.15, -0.1) is 0 Å². The largest absolute Gasteiger partial charge is 0.454 e. The minimum absolute atomic E-state index is 0.244. The van der Waals surface area contributed by atoms with E-state index in [1.807, 2.05) is 67.6 Å². The zero-order valence-corrected chi connectivity index (χ0v) is 14.3. The van der Waals surface area contributed by atoms with Gasteiger partial charge in [0.1, 0.15) is 0 Å². The van der Waals surface area contributed by atoms with E-state index in [9.17, 15) is 0 Å². The molecule has 3 aromatic rings. The molecule has 4 rings (SSSR count). The van der Waals surface area contributed by atoms with E-state index in [2.05, 4.69) is 9.97 Å². The Bertz CT molecular complexity index is 967. The Hall–Kier alpha value is -3.47. The van der Waals surface area contributed by atoms with Crippen LogP contribution < -0.4 is 9.47 Å². The van der Waals surface area contributed by atoms with Crippen molar-refractivity contribution < 1.29 is 9.47 Å². The fourth-order valence-electron chi connectivity index (χ4n) is 2.65. The highest BCUT2D eigenvalue weighted by Crippen LogP contribution is 2.35. The predicted octanol–water partition coefficient (Wildman–Crippen LogP) is 4.43. The fourth-order valence-corrected chi connectivity index (χ4v) is 2.65. The van der Waals surface area contributed by atoms with Crippen LogP contribution in [0.15, 0.2) is 78.1 Å². The smallest absolute Gasteiger partial charge is 0.231 e. The Kier molecular flexibility index (Phi) is 4.43. The highest BCUT2D eigenvalue weighted by molar-refractivity contribution is 6.11. The van der Waals surface area contributed by atoms with Crippen LogP contribution in [-0.4, -0.2) is 22.5 Å². The second-order valence-corrected chi connectivity index (χ2v) is 5.79. The summed E-state index contributed by atoms with van der Waals surface area (Å²) in [5, 5.41) is 0. The zero-order chi connectivity index (χ0) is 17.8. The third kappa shape index (κ3) is 3.47. The van der Waals surface area contributed by atoms with Gasteiger partial charge in [0.15, 0.2) is 11.5 Å². The van der Waals surface area contributed by atoms with Gasteiger partial charge in [-0.1, -0.05) is 12.1 Å². The maximum absolute atomic E-state index is 5.44. The molecular weight excluding hydrogens is 326 g/mol. The van der Waals surface area contributed by atoms with Crippen molar-refractivity contribution in [1.29, 1.82) is 0 Å². The Morgan fingerprint density at radius 1 is 0.923 bits per heavy atom. The SMILES string of the molecule is CC(=CC(=Nc1ccc2c(c1)OCO2)c1ccccn1)c1ccccn1. The van der Waals surface area contributed by atoms with E-state index >= 15 is 0 Å². The minimum atomic E-state index is 0.244. The Morgan fingerprint density at radius 2 is 1.65 bits per heavy atom. The molecule has 1 aliphatic rings. The molecule has 0 unspecified atom stereocenters. The molecule has 0 bridgehead atoms. The number of hydrogen-bond donors (Lipinski definition) is 0. The summed E-state index contributed by atoms with van der Waals surface area (Å²) in [4.78, 5) is 13.6. The standard InChI is InChI=1S/C21H17N3O2/c1-15(17-6-2-4-10-22-17)12-19(18-7-3-5-11-23-18)24-16-8-9-20-21(13-16)26-14-25-20/h2-13H,14H2,1H3. The summed E-state index contributed by atoms with van der Waals surface area (Å²) >= 11 is 0. The lowest BCUT2D eigenvalue weighted by Crippen LogP contribution is -2.01. The Balaban J connectivity index is 1.76. The Morgan fingerprint density at radius 3 is 2.38 bits per heavy atom. The van der Waals surface area contributed by atoms with Gasteiger partial charge in [-0.05, 0) is 55.0 Å². The summed E-state index contributed by atoms with van der Waals surface area (Å²) < 4.78 is 10.8. The molecule has 0 saturated heterocycles. The van der Waals surface area contributed by atoms with Crippen molar-refractivity contribution >= 4 is 17.0 Å². The molecule has 1 aliphatic heterocycles. The third-order valence-corrected chi connectivity index (χ3v) is 3.96. The fraction of sp³-hybridized carbons (Fsp3) is 0.0952. The van der Waals surface area contributed by atoms with Gasteiger partial charge in [0.2, 0.25) is 6.79 Å². The first-order valence-corrected chi connectivity index (χ1v) is 8.29. The number of fused-ring (bicyclic) bond motifs is 1. The van der Waals surface area contributed by atoms with Gasteiger partial charge in [-0.3, -0.25) is 9.97 Å². The van der Waals surface area contributed by atoms with E-state index in [1.54, 1.807) is 12.4 Å². The molecule has 3 heterocycles. The van der Waals surface area contributed by atoms with Gasteiger partial charge in [0.05, 0.1) is 22.8 Å². The maximum atomic E-state index is 5.44. The molecule has 5 nitrogen and oxygen atoms in total. The first-order valence-electron chi connectivity index (χ1n) is 8.29. The number of hydrogen-bond acceptors (Lipinski definition) is 5. The summed E-state index contributed by atoms with van der Waals surface area (Å²) in [6, 6.07) is 17.3. The topological polar surface area (TPSA) is 56.6 Å². The molecule has 0 aliphatic carbocycles. The zero-order valence-electron chi connectivity index (χ0n) is 14.3. The molecule has 0 radical (unpaired) electrons. The van der Waals surface area contributed by atoms with Gasteiger partial charge in [-0.2, -0.15) is 0 Å². The summed E-state index contributed by atoms with van der Waals surface area (Å²) in [7, 11) is 0. The van der Waals surface area contributed by atoms with Crippen molar-refractivity contribution in [2.75, 3.05) is 6.79 Å². The number of aromatic nitrogens is 2. The number of benzene rings is 1. The lowest BCUT2D eigenvalue weighted by molar-refractivity contribution is 0.174. The van der Waals surface area contributed by atoms with E-state index < -0.39 is 0 Å². The average molecular weight is 343 g/mol. The molecule has 5 heteroatoms. The predicted molar refractivity (Wildman–Crippen MR) is 101 cm³/mol. The molecule has 1 aromatic carbocycles. The molecule has 0 saturated carbocycles. The van der Waals surface area contributed by atoms with E-state index in [0.29, 0.717) is 5.75 Å². The Labute approximate surface area is 151 Å². The van der Waals surface area contributed by atoms with Gasteiger partial charge in [0.25, 0.3) is 0 Å². The molecule has 0 atom stereocenters. The molecule has 0 fully saturated rings. The number of ether oxygens (including phenoxy) is 2. The van der Waals surface area contributed by atoms with Crippen molar-refractivity contribution in [2.45, 2.75) is 6.92 Å². The van der Waals surface area contributed by atoms with Crippen LogP contribution in [0.2, 0.25) is 0 Å². The van der Waals surface area contributed by atoms with E-state index in [4.69, 9.17) is 14.5 Å². The summed E-state index contributed by atoms with van der Waals surface area (Å²) in [6.45, 7) is 2.26. The van der Waals surface area contributed by atoms with Crippen LogP contribution in [0.4, 0.5) is 5.69 Å². The first-order chi connectivity index (χ1) is 12.8. The van der Waals surface area contributed by atoms with Crippen LogP contribution in [0, 0.1) is 0 Å². The van der Waals surface area contributed by atoms with Crippen LogP contribution in [0.25, 0.3) is 5.57 Å². The van der Waals surface area contributed by atoms with Gasteiger partial charge in [0, 0.05) is 18.5 Å². The molecular formula is C21H17N3O2. The molecule has 0 spiro atoms. The van der Waals surface area contributed by atoms with Gasteiger partial charge < -0.3 is 9.47 Å². The van der Waals surface area contributed by atoms with Crippen molar-refractivity contribution in [3.05, 3.63) is 84.5 Å². The quantitative estimate of drug-likeness (QED) is 0.658. The molecule has 128 valence electrons. The second kappa shape index (κ2) is 7.19. The molecule has 2 aromatic heterocycles. The minimum Gasteiger partial charge on any atom is -0.454 e. The van der Waals surface area contributed by atoms with E-state index in [-0.39, 0.29) is 6.79 Å². The highest BCUT2D eigenvalue weighted by Gasteiger charge is 2.13. The first kappa shape index (κ1) is 16.0. The highest BCUT2D eigenvalue weighted by atomic mass is 16.7. The summed E-state index contributed by atoms with van der Waals surface area (Å²) in [5.74, 6) is 1.44. The van der Waals surface area contributed by atoms with Crippen LogP contribution in [0.5, 0.6) is 11.5 Å². The van der Waals surface area contributed by atoms with Crippen LogP contribution >= 0.6 is 0 Å². The van der Waals surface area contributed by atoms with E-state index in [0.717, 1.165) is 34.1 Å². The number of pyridine rings is 2.